The Morgan fingerprint density at radius 3 is 2.82 bits per heavy atom. The van der Waals surface area contributed by atoms with Crippen LogP contribution in [-0.4, -0.2) is 18.6 Å². The zero-order chi connectivity index (χ0) is 12.3. The molecule has 0 radical (unpaired) electrons. The van der Waals surface area contributed by atoms with Gasteiger partial charge in [0.15, 0.2) is 0 Å². The highest BCUT2D eigenvalue weighted by Gasteiger charge is 2.30. The van der Waals surface area contributed by atoms with Crippen molar-refractivity contribution in [3.63, 3.8) is 0 Å². The molecule has 0 unspecified atom stereocenters. The number of carbonyl (C=O) groups excluding carboxylic acids is 1. The van der Waals surface area contributed by atoms with Crippen LogP contribution in [0.2, 0.25) is 0 Å². The molecule has 17 heavy (non-hydrogen) atoms. The average molecular weight is 233 g/mol. The molecule has 3 heteroatoms. The van der Waals surface area contributed by atoms with Crippen LogP contribution in [0.4, 0.5) is 0 Å². The Labute approximate surface area is 102 Å². The molecule has 0 heterocycles. The highest BCUT2D eigenvalue weighted by Crippen LogP contribution is 2.28. The lowest BCUT2D eigenvalue weighted by Gasteiger charge is -2.15. The van der Waals surface area contributed by atoms with Gasteiger partial charge in [-0.1, -0.05) is 18.2 Å². The summed E-state index contributed by atoms with van der Waals surface area (Å²) in [5.41, 5.74) is 1.12. The maximum absolute atomic E-state index is 11.5. The summed E-state index contributed by atoms with van der Waals surface area (Å²) in [5.74, 6) is 1.32. The van der Waals surface area contributed by atoms with Crippen LogP contribution in [0.25, 0.3) is 0 Å². The second-order valence-corrected chi connectivity index (χ2v) is 4.76. The van der Waals surface area contributed by atoms with Gasteiger partial charge in [-0.15, -0.1) is 0 Å². The zero-order valence-electron chi connectivity index (χ0n) is 10.4. The van der Waals surface area contributed by atoms with E-state index >= 15 is 0 Å². The molecule has 92 valence electrons. The minimum atomic E-state index is 0.0581. The number of ether oxygens (including phenoxy) is 1. The van der Waals surface area contributed by atoms with E-state index in [9.17, 15) is 4.79 Å². The molecule has 2 rings (SSSR count). The average Bonchev–Trinajstić information content (AvgIpc) is 3.11. The summed E-state index contributed by atoms with van der Waals surface area (Å²) < 4.78 is 5.68. The second kappa shape index (κ2) is 5.21. The van der Waals surface area contributed by atoms with E-state index in [0.29, 0.717) is 6.61 Å². The third-order valence-corrected chi connectivity index (χ3v) is 2.92. The standard InChI is InChI=1S/C14H19NO2/c1-10-5-3-4-6-13(10)17-9-11(2)15-14(16)12-7-8-12/h3-6,11-12H,7-9H2,1-2H3,(H,15,16)/t11-/m0/s1. The van der Waals surface area contributed by atoms with E-state index in [1.807, 2.05) is 38.1 Å². The molecule has 1 aromatic rings. The lowest BCUT2D eigenvalue weighted by Crippen LogP contribution is -2.37. The van der Waals surface area contributed by atoms with Crippen LogP contribution in [0.1, 0.15) is 25.3 Å². The van der Waals surface area contributed by atoms with Gasteiger partial charge < -0.3 is 10.1 Å². The maximum atomic E-state index is 11.5. The van der Waals surface area contributed by atoms with Gasteiger partial charge in [-0.25, -0.2) is 0 Å². The van der Waals surface area contributed by atoms with Crippen molar-refractivity contribution in [3.8, 4) is 5.75 Å². The summed E-state index contributed by atoms with van der Waals surface area (Å²) in [6, 6.07) is 7.96. The molecule has 1 aliphatic rings. The lowest BCUT2D eigenvalue weighted by atomic mass is 10.2. The van der Waals surface area contributed by atoms with Crippen molar-refractivity contribution >= 4 is 5.91 Å². The van der Waals surface area contributed by atoms with Crippen LogP contribution in [0.5, 0.6) is 5.75 Å². The van der Waals surface area contributed by atoms with Crippen LogP contribution in [0.15, 0.2) is 24.3 Å². The first-order chi connectivity index (χ1) is 8.16. The molecule has 1 fully saturated rings. The Kier molecular flexibility index (Phi) is 3.67. The van der Waals surface area contributed by atoms with Crippen LogP contribution < -0.4 is 10.1 Å². The third kappa shape index (κ3) is 3.48. The predicted molar refractivity (Wildman–Crippen MR) is 67.0 cm³/mol. The van der Waals surface area contributed by atoms with Crippen LogP contribution in [0.3, 0.4) is 0 Å². The van der Waals surface area contributed by atoms with E-state index in [0.717, 1.165) is 24.2 Å². The summed E-state index contributed by atoms with van der Waals surface area (Å²) in [4.78, 5) is 11.5. The molecular weight excluding hydrogens is 214 g/mol. The van der Waals surface area contributed by atoms with Gasteiger partial charge in [0.25, 0.3) is 0 Å². The topological polar surface area (TPSA) is 38.3 Å². The Balaban J connectivity index is 1.77. The first-order valence-corrected chi connectivity index (χ1v) is 6.15. The van der Waals surface area contributed by atoms with Crippen molar-refractivity contribution in [2.24, 2.45) is 5.92 Å². The van der Waals surface area contributed by atoms with Crippen LogP contribution in [-0.2, 0) is 4.79 Å². The van der Waals surface area contributed by atoms with Gasteiger partial charge in [-0.05, 0) is 38.3 Å². The number of rotatable bonds is 5. The predicted octanol–water partition coefficient (Wildman–Crippen LogP) is 2.29. The van der Waals surface area contributed by atoms with E-state index in [4.69, 9.17) is 4.74 Å². The summed E-state index contributed by atoms with van der Waals surface area (Å²) in [6.07, 6.45) is 2.08. The number of benzene rings is 1. The first-order valence-electron chi connectivity index (χ1n) is 6.15. The number of hydrogen-bond acceptors (Lipinski definition) is 2. The van der Waals surface area contributed by atoms with Crippen molar-refractivity contribution in [3.05, 3.63) is 29.8 Å². The van der Waals surface area contributed by atoms with Gasteiger partial charge >= 0.3 is 0 Å². The van der Waals surface area contributed by atoms with E-state index in [1.54, 1.807) is 0 Å². The highest BCUT2D eigenvalue weighted by atomic mass is 16.5. The summed E-state index contributed by atoms with van der Waals surface area (Å²) in [6.45, 7) is 4.50. The fourth-order valence-electron chi connectivity index (χ4n) is 1.68. The van der Waals surface area contributed by atoms with Crippen molar-refractivity contribution in [1.29, 1.82) is 0 Å². The molecule has 1 saturated carbocycles. The van der Waals surface area contributed by atoms with Crippen molar-refractivity contribution in [2.75, 3.05) is 6.61 Å². The minimum absolute atomic E-state index is 0.0581. The highest BCUT2D eigenvalue weighted by molar-refractivity contribution is 5.81. The second-order valence-electron chi connectivity index (χ2n) is 4.76. The molecule has 1 atom stereocenters. The van der Waals surface area contributed by atoms with Crippen molar-refractivity contribution < 1.29 is 9.53 Å². The number of hydrogen-bond donors (Lipinski definition) is 1. The lowest BCUT2D eigenvalue weighted by molar-refractivity contribution is -0.123. The number of aryl methyl sites for hydroxylation is 1. The Bertz CT molecular complexity index is 399. The number of nitrogens with one attached hydrogen (secondary N) is 1. The fraction of sp³-hybridized carbons (Fsp3) is 0.500. The van der Waals surface area contributed by atoms with E-state index in [-0.39, 0.29) is 17.9 Å². The molecule has 0 bridgehead atoms. The van der Waals surface area contributed by atoms with Gasteiger partial charge in [0.1, 0.15) is 12.4 Å². The summed E-state index contributed by atoms with van der Waals surface area (Å²) in [5, 5.41) is 2.97. The van der Waals surface area contributed by atoms with Gasteiger partial charge in [0.05, 0.1) is 6.04 Å². The first kappa shape index (κ1) is 12.0. The van der Waals surface area contributed by atoms with Gasteiger partial charge in [-0.3, -0.25) is 4.79 Å². The molecular formula is C14H19NO2. The van der Waals surface area contributed by atoms with Gasteiger partial charge in [0.2, 0.25) is 5.91 Å². The molecule has 0 aliphatic heterocycles. The molecule has 0 spiro atoms. The normalized spacial score (nSPS) is 16.4. The molecule has 1 amide bonds. The number of para-hydroxylation sites is 1. The Hall–Kier alpha value is -1.51. The third-order valence-electron chi connectivity index (χ3n) is 2.92. The summed E-state index contributed by atoms with van der Waals surface area (Å²) in [7, 11) is 0. The van der Waals surface area contributed by atoms with E-state index in [1.165, 1.54) is 0 Å². The Morgan fingerprint density at radius 1 is 1.47 bits per heavy atom. The van der Waals surface area contributed by atoms with E-state index < -0.39 is 0 Å². The van der Waals surface area contributed by atoms with Gasteiger partial charge in [0, 0.05) is 5.92 Å². The van der Waals surface area contributed by atoms with E-state index in [2.05, 4.69) is 5.32 Å². The largest absolute Gasteiger partial charge is 0.491 e. The molecule has 1 aromatic carbocycles. The van der Waals surface area contributed by atoms with Crippen molar-refractivity contribution in [2.45, 2.75) is 32.7 Å². The van der Waals surface area contributed by atoms with Crippen LogP contribution >= 0.6 is 0 Å². The molecule has 0 saturated heterocycles. The quantitative estimate of drug-likeness (QED) is 0.847. The van der Waals surface area contributed by atoms with Crippen LogP contribution in [0, 0.1) is 12.8 Å². The molecule has 0 aromatic heterocycles. The fourth-order valence-corrected chi connectivity index (χ4v) is 1.68. The summed E-state index contributed by atoms with van der Waals surface area (Å²) >= 11 is 0. The van der Waals surface area contributed by atoms with Gasteiger partial charge in [-0.2, -0.15) is 0 Å². The molecule has 1 aliphatic carbocycles. The minimum Gasteiger partial charge on any atom is -0.491 e. The SMILES string of the molecule is Cc1ccccc1OC[C@H](C)NC(=O)C1CC1. The monoisotopic (exact) mass is 233 g/mol. The smallest absolute Gasteiger partial charge is 0.223 e. The molecule has 3 nitrogen and oxygen atoms in total. The zero-order valence-corrected chi connectivity index (χ0v) is 10.4. The Morgan fingerprint density at radius 2 is 2.18 bits per heavy atom. The number of amides is 1. The van der Waals surface area contributed by atoms with Crippen molar-refractivity contribution in [1.82, 2.24) is 5.32 Å². The maximum Gasteiger partial charge on any atom is 0.223 e. The number of carbonyl (C=O) groups is 1. The molecule has 1 N–H and O–H groups in total.